The highest BCUT2D eigenvalue weighted by molar-refractivity contribution is 7.90. The van der Waals surface area contributed by atoms with E-state index in [-0.39, 0.29) is 17.4 Å². The number of aromatic nitrogens is 4. The summed E-state index contributed by atoms with van der Waals surface area (Å²) >= 11 is 0. The number of pyridine rings is 1. The van der Waals surface area contributed by atoms with Gasteiger partial charge in [0.05, 0.1) is 17.7 Å². The third-order valence-electron chi connectivity index (χ3n) is 6.67. The van der Waals surface area contributed by atoms with E-state index in [1.807, 2.05) is 51.1 Å². The Hall–Kier alpha value is -4.24. The molecule has 0 saturated carbocycles. The molecule has 39 heavy (non-hydrogen) atoms. The Morgan fingerprint density at radius 1 is 0.923 bits per heavy atom. The second-order valence-electron chi connectivity index (χ2n) is 9.54. The van der Waals surface area contributed by atoms with Gasteiger partial charge in [0, 0.05) is 35.5 Å². The SMILES string of the molecule is COc1c(C)cnc(Cc2cn(S(=O)(=O)c3ccc(C)cc3)c3c(OCc4ccccc4)nc(C)nc23)c1C. The summed E-state index contributed by atoms with van der Waals surface area (Å²) in [7, 11) is -2.36. The third-order valence-corrected chi connectivity index (χ3v) is 8.34. The Morgan fingerprint density at radius 2 is 1.64 bits per heavy atom. The number of methoxy groups -OCH3 is 1. The van der Waals surface area contributed by atoms with Crippen molar-refractivity contribution in [2.24, 2.45) is 0 Å². The lowest BCUT2D eigenvalue weighted by Crippen LogP contribution is -2.13. The standard InChI is InChI=1S/C30H30N4O4S/c1-19-11-13-25(14-12-19)39(35,36)34-17-24(15-26-21(3)29(37-5)20(2)16-31-26)27-28(34)30(33-22(4)32-27)38-18-23-9-7-6-8-10-23/h6-14,16-17H,15,18H2,1-5H3. The second-order valence-corrected chi connectivity index (χ2v) is 11.4. The maximum absolute atomic E-state index is 14.0. The average molecular weight is 543 g/mol. The highest BCUT2D eigenvalue weighted by Crippen LogP contribution is 2.34. The van der Waals surface area contributed by atoms with Crippen LogP contribution in [-0.2, 0) is 23.1 Å². The molecule has 8 nitrogen and oxygen atoms in total. The zero-order valence-corrected chi connectivity index (χ0v) is 23.4. The summed E-state index contributed by atoms with van der Waals surface area (Å²) in [5.74, 6) is 1.44. The van der Waals surface area contributed by atoms with Crippen LogP contribution in [0.2, 0.25) is 0 Å². The lowest BCUT2D eigenvalue weighted by atomic mass is 10.0. The Morgan fingerprint density at radius 3 is 2.33 bits per heavy atom. The Kier molecular flexibility index (Phi) is 7.10. The van der Waals surface area contributed by atoms with Crippen molar-refractivity contribution in [3.8, 4) is 11.6 Å². The van der Waals surface area contributed by atoms with Gasteiger partial charge in [-0.1, -0.05) is 48.0 Å². The molecule has 0 radical (unpaired) electrons. The van der Waals surface area contributed by atoms with Gasteiger partial charge in [0.25, 0.3) is 10.0 Å². The van der Waals surface area contributed by atoms with Crippen molar-refractivity contribution in [1.29, 1.82) is 0 Å². The van der Waals surface area contributed by atoms with Crippen LogP contribution in [-0.4, -0.2) is 34.5 Å². The molecule has 0 atom stereocenters. The minimum atomic E-state index is -3.99. The zero-order valence-electron chi connectivity index (χ0n) is 22.6. The molecule has 9 heteroatoms. The largest absolute Gasteiger partial charge is 0.496 e. The number of ether oxygens (including phenoxy) is 2. The predicted octanol–water partition coefficient (Wildman–Crippen LogP) is 5.48. The summed E-state index contributed by atoms with van der Waals surface area (Å²) in [5.41, 5.74) is 5.99. The Labute approximate surface area is 228 Å². The predicted molar refractivity (Wildman–Crippen MR) is 150 cm³/mol. The molecule has 0 unspecified atom stereocenters. The fourth-order valence-corrected chi connectivity index (χ4v) is 6.01. The van der Waals surface area contributed by atoms with Crippen LogP contribution >= 0.6 is 0 Å². The van der Waals surface area contributed by atoms with Crippen LogP contribution < -0.4 is 9.47 Å². The fraction of sp³-hybridized carbons (Fsp3) is 0.233. The number of hydrogen-bond donors (Lipinski definition) is 0. The average Bonchev–Trinajstić information content (AvgIpc) is 3.29. The molecule has 200 valence electrons. The number of benzene rings is 2. The van der Waals surface area contributed by atoms with E-state index < -0.39 is 10.0 Å². The molecule has 3 aromatic heterocycles. The molecule has 3 heterocycles. The van der Waals surface area contributed by atoms with Gasteiger partial charge in [-0.2, -0.15) is 4.98 Å². The quantitative estimate of drug-likeness (QED) is 0.256. The molecule has 0 amide bonds. The van der Waals surface area contributed by atoms with E-state index in [9.17, 15) is 8.42 Å². The van der Waals surface area contributed by atoms with Gasteiger partial charge in [-0.25, -0.2) is 17.4 Å². The smallest absolute Gasteiger partial charge is 0.268 e. The fourth-order valence-electron chi connectivity index (χ4n) is 4.63. The first-order valence-electron chi connectivity index (χ1n) is 12.6. The van der Waals surface area contributed by atoms with Crippen LogP contribution in [0.1, 0.15) is 39.3 Å². The lowest BCUT2D eigenvalue weighted by molar-refractivity contribution is 0.296. The highest BCUT2D eigenvalue weighted by atomic mass is 32.2. The van der Waals surface area contributed by atoms with Gasteiger partial charge in [0.2, 0.25) is 5.88 Å². The Balaban J connectivity index is 1.70. The van der Waals surface area contributed by atoms with Crippen molar-refractivity contribution in [3.05, 3.63) is 106 Å². The number of rotatable bonds is 8. The molecule has 0 aliphatic heterocycles. The van der Waals surface area contributed by atoms with Gasteiger partial charge < -0.3 is 9.47 Å². The van der Waals surface area contributed by atoms with Crippen molar-refractivity contribution in [2.45, 2.75) is 45.6 Å². The summed E-state index contributed by atoms with van der Waals surface area (Å²) < 4.78 is 40.9. The van der Waals surface area contributed by atoms with Crippen LogP contribution in [0, 0.1) is 27.7 Å². The summed E-state index contributed by atoms with van der Waals surface area (Å²) in [4.78, 5) is 14.0. The molecule has 0 aliphatic carbocycles. The topological polar surface area (TPSA) is 96.2 Å². The van der Waals surface area contributed by atoms with Crippen molar-refractivity contribution >= 4 is 21.1 Å². The molecule has 0 spiro atoms. The van der Waals surface area contributed by atoms with Crippen molar-refractivity contribution in [3.63, 3.8) is 0 Å². The van der Waals surface area contributed by atoms with Gasteiger partial charge in [0.1, 0.15) is 29.2 Å². The van der Waals surface area contributed by atoms with Crippen LogP contribution in [0.5, 0.6) is 11.6 Å². The van der Waals surface area contributed by atoms with Crippen LogP contribution in [0.3, 0.4) is 0 Å². The minimum Gasteiger partial charge on any atom is -0.496 e. The molecular formula is C30H30N4O4S. The summed E-state index contributed by atoms with van der Waals surface area (Å²) in [6, 6.07) is 16.4. The van der Waals surface area contributed by atoms with E-state index >= 15 is 0 Å². The maximum Gasteiger partial charge on any atom is 0.268 e. The van der Waals surface area contributed by atoms with Crippen molar-refractivity contribution in [2.75, 3.05) is 7.11 Å². The Bertz CT molecular complexity index is 1760. The molecule has 0 bridgehead atoms. The highest BCUT2D eigenvalue weighted by Gasteiger charge is 2.27. The first kappa shape index (κ1) is 26.4. The van der Waals surface area contributed by atoms with Gasteiger partial charge in [-0.05, 0) is 45.4 Å². The van der Waals surface area contributed by atoms with E-state index in [0.29, 0.717) is 28.8 Å². The van der Waals surface area contributed by atoms with E-state index in [1.165, 1.54) is 3.97 Å². The normalized spacial score (nSPS) is 11.6. The van der Waals surface area contributed by atoms with E-state index in [0.717, 1.165) is 33.7 Å². The van der Waals surface area contributed by atoms with Crippen molar-refractivity contribution < 1.29 is 17.9 Å². The van der Waals surface area contributed by atoms with Crippen molar-refractivity contribution in [1.82, 2.24) is 18.9 Å². The molecule has 5 rings (SSSR count). The zero-order chi connectivity index (χ0) is 27.7. The number of aryl methyl sites for hydroxylation is 3. The molecule has 2 aromatic carbocycles. The first-order valence-corrected chi connectivity index (χ1v) is 14.0. The summed E-state index contributed by atoms with van der Waals surface area (Å²) in [5, 5.41) is 0. The van der Waals surface area contributed by atoms with E-state index in [2.05, 4.69) is 15.0 Å². The molecule has 0 fully saturated rings. The number of hydrogen-bond acceptors (Lipinski definition) is 7. The number of nitrogens with zero attached hydrogens (tertiary/aromatic N) is 4. The monoisotopic (exact) mass is 542 g/mol. The third kappa shape index (κ3) is 5.09. The maximum atomic E-state index is 14.0. The lowest BCUT2D eigenvalue weighted by Gasteiger charge is -2.12. The molecular weight excluding hydrogens is 512 g/mol. The first-order chi connectivity index (χ1) is 18.7. The van der Waals surface area contributed by atoms with Gasteiger partial charge in [0.15, 0.2) is 0 Å². The van der Waals surface area contributed by atoms with E-state index in [4.69, 9.17) is 9.47 Å². The van der Waals surface area contributed by atoms with Crippen LogP contribution in [0.4, 0.5) is 0 Å². The second kappa shape index (κ2) is 10.5. The molecule has 0 N–H and O–H groups in total. The number of fused-ring (bicyclic) bond motifs is 1. The molecule has 0 aliphatic rings. The van der Waals surface area contributed by atoms with Gasteiger partial charge >= 0.3 is 0 Å². The van der Waals surface area contributed by atoms with Gasteiger partial charge in [-0.3, -0.25) is 4.98 Å². The molecule has 5 aromatic rings. The summed E-state index contributed by atoms with van der Waals surface area (Å²) in [6.45, 7) is 7.80. The summed E-state index contributed by atoms with van der Waals surface area (Å²) in [6.07, 6.45) is 3.72. The van der Waals surface area contributed by atoms with Gasteiger partial charge in [-0.15, -0.1) is 0 Å². The van der Waals surface area contributed by atoms with Crippen LogP contribution in [0.15, 0.2) is 71.9 Å². The van der Waals surface area contributed by atoms with Crippen LogP contribution in [0.25, 0.3) is 11.0 Å². The minimum absolute atomic E-state index is 0.164. The molecule has 0 saturated heterocycles. The van der Waals surface area contributed by atoms with E-state index in [1.54, 1.807) is 50.7 Å².